The Bertz CT molecular complexity index is 789. The Morgan fingerprint density at radius 1 is 0.962 bits per heavy atom. The summed E-state index contributed by atoms with van der Waals surface area (Å²) in [4.78, 5) is 12.4. The van der Waals surface area contributed by atoms with E-state index in [1.165, 1.54) is 44.6 Å². The quantitative estimate of drug-likeness (QED) is 0.385. The third-order valence-electron chi connectivity index (χ3n) is 3.27. The molecular formula is C19H18F2O5. The average Bonchev–Trinajstić information content (AvgIpc) is 2.65. The molecule has 0 radical (unpaired) electrons. The number of ketones is 1. The lowest BCUT2D eigenvalue weighted by molar-refractivity contribution is 0.0456. The number of hydrogen-bond acceptors (Lipinski definition) is 5. The van der Waals surface area contributed by atoms with E-state index in [1.807, 2.05) is 0 Å². The van der Waals surface area contributed by atoms with Crippen molar-refractivity contribution in [2.24, 2.45) is 0 Å². The van der Waals surface area contributed by atoms with Crippen LogP contribution in [0.3, 0.4) is 0 Å². The fraction of sp³-hybridized carbons (Fsp3) is 0.211. The van der Waals surface area contributed by atoms with Gasteiger partial charge in [-0.1, -0.05) is 12.1 Å². The summed E-state index contributed by atoms with van der Waals surface area (Å²) in [5.74, 6) is -1.59. The number of halogens is 2. The van der Waals surface area contributed by atoms with Crippen LogP contribution in [0.25, 0.3) is 6.08 Å². The SMILES string of the molecule is COCOc1ccc(C(=O)C=Cc2ccc(F)c(F)c2)c(OCOC)c1. The molecule has 0 saturated carbocycles. The second-order valence-electron chi connectivity index (χ2n) is 5.13. The van der Waals surface area contributed by atoms with E-state index in [0.717, 1.165) is 12.1 Å². The van der Waals surface area contributed by atoms with Gasteiger partial charge in [0, 0.05) is 20.3 Å². The molecule has 0 aliphatic rings. The van der Waals surface area contributed by atoms with Crippen molar-refractivity contribution >= 4 is 11.9 Å². The third kappa shape index (κ3) is 5.37. The van der Waals surface area contributed by atoms with Crippen LogP contribution in [0.1, 0.15) is 15.9 Å². The summed E-state index contributed by atoms with van der Waals surface area (Å²) in [6, 6.07) is 8.03. The number of rotatable bonds is 9. The van der Waals surface area contributed by atoms with Crippen LogP contribution in [-0.4, -0.2) is 33.6 Å². The molecule has 7 heteroatoms. The summed E-state index contributed by atoms with van der Waals surface area (Å²) in [5, 5.41) is 0. The second-order valence-corrected chi connectivity index (χ2v) is 5.13. The molecule has 138 valence electrons. The van der Waals surface area contributed by atoms with Gasteiger partial charge in [0.05, 0.1) is 5.56 Å². The minimum atomic E-state index is -0.983. The Labute approximate surface area is 149 Å². The molecule has 0 heterocycles. The molecule has 0 amide bonds. The van der Waals surface area contributed by atoms with E-state index in [9.17, 15) is 13.6 Å². The molecule has 2 aromatic carbocycles. The largest absolute Gasteiger partial charge is 0.467 e. The van der Waals surface area contributed by atoms with Crippen LogP contribution in [0.2, 0.25) is 0 Å². The van der Waals surface area contributed by atoms with E-state index in [-0.39, 0.29) is 30.7 Å². The molecule has 0 aromatic heterocycles. The first-order valence-corrected chi connectivity index (χ1v) is 7.60. The van der Waals surface area contributed by atoms with E-state index in [1.54, 1.807) is 6.07 Å². The van der Waals surface area contributed by atoms with Crippen molar-refractivity contribution in [2.45, 2.75) is 0 Å². The zero-order valence-electron chi connectivity index (χ0n) is 14.3. The van der Waals surface area contributed by atoms with Gasteiger partial charge in [-0.3, -0.25) is 4.79 Å². The van der Waals surface area contributed by atoms with Crippen LogP contribution in [-0.2, 0) is 9.47 Å². The molecule has 26 heavy (non-hydrogen) atoms. The summed E-state index contributed by atoms with van der Waals surface area (Å²) in [6.07, 6.45) is 2.64. The summed E-state index contributed by atoms with van der Waals surface area (Å²) >= 11 is 0. The van der Waals surface area contributed by atoms with E-state index in [2.05, 4.69) is 0 Å². The van der Waals surface area contributed by atoms with Crippen molar-refractivity contribution in [1.82, 2.24) is 0 Å². The lowest BCUT2D eigenvalue weighted by Crippen LogP contribution is -2.06. The molecule has 0 unspecified atom stereocenters. The van der Waals surface area contributed by atoms with Crippen molar-refractivity contribution < 1.29 is 32.5 Å². The van der Waals surface area contributed by atoms with Crippen LogP contribution in [0.5, 0.6) is 11.5 Å². The Morgan fingerprint density at radius 2 is 1.69 bits per heavy atom. The van der Waals surface area contributed by atoms with Gasteiger partial charge in [0.1, 0.15) is 11.5 Å². The Morgan fingerprint density at radius 3 is 2.38 bits per heavy atom. The lowest BCUT2D eigenvalue weighted by Gasteiger charge is -2.11. The normalized spacial score (nSPS) is 10.9. The van der Waals surface area contributed by atoms with E-state index < -0.39 is 11.6 Å². The molecule has 0 atom stereocenters. The van der Waals surface area contributed by atoms with Crippen LogP contribution >= 0.6 is 0 Å². The van der Waals surface area contributed by atoms with Gasteiger partial charge in [-0.25, -0.2) is 8.78 Å². The van der Waals surface area contributed by atoms with E-state index in [0.29, 0.717) is 11.3 Å². The molecule has 0 bridgehead atoms. The minimum Gasteiger partial charge on any atom is -0.467 e. The fourth-order valence-electron chi connectivity index (χ4n) is 2.04. The number of hydrogen-bond donors (Lipinski definition) is 0. The molecule has 0 aliphatic heterocycles. The molecule has 0 N–H and O–H groups in total. The predicted molar refractivity (Wildman–Crippen MR) is 91.2 cm³/mol. The molecule has 0 saturated heterocycles. The van der Waals surface area contributed by atoms with Gasteiger partial charge < -0.3 is 18.9 Å². The van der Waals surface area contributed by atoms with E-state index >= 15 is 0 Å². The predicted octanol–water partition coefficient (Wildman–Crippen LogP) is 3.83. The Kier molecular flexibility index (Phi) is 7.25. The molecular weight excluding hydrogens is 346 g/mol. The van der Waals surface area contributed by atoms with Crippen molar-refractivity contribution in [1.29, 1.82) is 0 Å². The zero-order chi connectivity index (χ0) is 18.9. The van der Waals surface area contributed by atoms with Gasteiger partial charge in [-0.05, 0) is 35.9 Å². The number of allylic oxidation sites excluding steroid dienone is 1. The highest BCUT2D eigenvalue weighted by atomic mass is 19.2. The number of ether oxygens (including phenoxy) is 4. The maximum absolute atomic E-state index is 13.2. The Balaban J connectivity index is 2.22. The van der Waals surface area contributed by atoms with Gasteiger partial charge in [0.15, 0.2) is 31.0 Å². The van der Waals surface area contributed by atoms with Gasteiger partial charge >= 0.3 is 0 Å². The van der Waals surface area contributed by atoms with E-state index in [4.69, 9.17) is 18.9 Å². The first kappa shape index (κ1) is 19.6. The van der Waals surface area contributed by atoms with Crippen LogP contribution in [0, 0.1) is 11.6 Å². The van der Waals surface area contributed by atoms with Gasteiger partial charge in [-0.15, -0.1) is 0 Å². The highest BCUT2D eigenvalue weighted by Gasteiger charge is 2.12. The monoisotopic (exact) mass is 364 g/mol. The molecule has 2 aromatic rings. The van der Waals surface area contributed by atoms with Crippen molar-refractivity contribution in [3.8, 4) is 11.5 Å². The first-order valence-electron chi connectivity index (χ1n) is 7.60. The molecule has 0 spiro atoms. The number of methoxy groups -OCH3 is 2. The maximum atomic E-state index is 13.2. The molecule has 5 nitrogen and oxygen atoms in total. The highest BCUT2D eigenvalue weighted by Crippen LogP contribution is 2.26. The topological polar surface area (TPSA) is 54.0 Å². The van der Waals surface area contributed by atoms with Gasteiger partial charge in [0.25, 0.3) is 0 Å². The molecule has 2 rings (SSSR count). The molecule has 0 fully saturated rings. The van der Waals surface area contributed by atoms with Crippen LogP contribution < -0.4 is 9.47 Å². The van der Waals surface area contributed by atoms with Crippen molar-refractivity contribution in [3.05, 3.63) is 65.2 Å². The number of benzene rings is 2. The third-order valence-corrected chi connectivity index (χ3v) is 3.27. The minimum absolute atomic E-state index is 0.0487. The van der Waals surface area contributed by atoms with Crippen LogP contribution in [0.15, 0.2) is 42.5 Å². The summed E-state index contributed by atoms with van der Waals surface area (Å²) in [7, 11) is 2.94. The maximum Gasteiger partial charge on any atom is 0.189 e. The fourth-order valence-corrected chi connectivity index (χ4v) is 2.04. The van der Waals surface area contributed by atoms with Crippen molar-refractivity contribution in [2.75, 3.05) is 27.8 Å². The zero-order valence-corrected chi connectivity index (χ0v) is 14.3. The highest BCUT2D eigenvalue weighted by molar-refractivity contribution is 6.08. The summed E-state index contributed by atoms with van der Waals surface area (Å²) < 4.78 is 46.6. The summed E-state index contributed by atoms with van der Waals surface area (Å²) in [6.45, 7) is -0.00601. The summed E-state index contributed by atoms with van der Waals surface area (Å²) in [5.41, 5.74) is 0.627. The van der Waals surface area contributed by atoms with Gasteiger partial charge in [0.2, 0.25) is 0 Å². The smallest absolute Gasteiger partial charge is 0.189 e. The van der Waals surface area contributed by atoms with Crippen LogP contribution in [0.4, 0.5) is 8.78 Å². The van der Waals surface area contributed by atoms with Gasteiger partial charge in [-0.2, -0.15) is 0 Å². The first-order chi connectivity index (χ1) is 12.5. The Hall–Kier alpha value is -2.77. The second kappa shape index (κ2) is 9.65. The average molecular weight is 364 g/mol. The number of carbonyl (C=O) groups is 1. The standard InChI is InChI=1S/C19H18F2O5/c1-23-11-25-14-5-6-15(19(10-14)26-12-24-2)18(22)8-4-13-3-7-16(20)17(21)9-13/h3-10H,11-12H2,1-2H3. The number of carbonyl (C=O) groups excluding carboxylic acids is 1. The van der Waals surface area contributed by atoms with Crippen molar-refractivity contribution in [3.63, 3.8) is 0 Å². The molecule has 0 aliphatic carbocycles. The lowest BCUT2D eigenvalue weighted by atomic mass is 10.1.